The first-order valence-corrected chi connectivity index (χ1v) is 12.8. The van der Waals surface area contributed by atoms with Gasteiger partial charge in [-0.2, -0.15) is 0 Å². The van der Waals surface area contributed by atoms with Crippen LogP contribution in [0, 0.1) is 0 Å². The highest BCUT2D eigenvalue weighted by molar-refractivity contribution is 6.22. The van der Waals surface area contributed by atoms with Crippen LogP contribution in [0.5, 0.6) is 0 Å². The maximum absolute atomic E-state index is 2.40. The fraction of sp³-hybridized carbons (Fsp3) is 0. The zero-order chi connectivity index (χ0) is 24.3. The molecule has 0 atom stereocenters. The molecule has 1 heteroatoms. The van der Waals surface area contributed by atoms with E-state index in [9.17, 15) is 0 Å². The second-order valence-electron chi connectivity index (χ2n) is 9.77. The van der Waals surface area contributed by atoms with Crippen molar-refractivity contribution in [2.45, 2.75) is 0 Å². The third kappa shape index (κ3) is 2.98. The first-order chi connectivity index (χ1) is 18.4. The Labute approximate surface area is 214 Å². The summed E-state index contributed by atoms with van der Waals surface area (Å²) in [6, 6.07) is 50.8. The second-order valence-corrected chi connectivity index (χ2v) is 9.77. The van der Waals surface area contributed by atoms with Crippen molar-refractivity contribution >= 4 is 54.1 Å². The van der Waals surface area contributed by atoms with Gasteiger partial charge in [0.15, 0.2) is 0 Å². The van der Waals surface area contributed by atoms with E-state index in [0.29, 0.717) is 0 Å². The van der Waals surface area contributed by atoms with Gasteiger partial charge in [-0.1, -0.05) is 103 Å². The van der Waals surface area contributed by atoms with E-state index in [1.54, 1.807) is 0 Å². The Morgan fingerprint density at radius 3 is 1.92 bits per heavy atom. The first kappa shape index (κ1) is 20.3. The van der Waals surface area contributed by atoms with Crippen LogP contribution in [0.1, 0.15) is 0 Å². The highest BCUT2D eigenvalue weighted by Gasteiger charge is 2.16. The van der Waals surface area contributed by atoms with E-state index >= 15 is 0 Å². The van der Waals surface area contributed by atoms with E-state index in [0.717, 1.165) is 0 Å². The topological polar surface area (TPSA) is 4.93 Å². The number of fused-ring (bicyclic) bond motifs is 8. The molecule has 172 valence electrons. The first-order valence-electron chi connectivity index (χ1n) is 12.8. The van der Waals surface area contributed by atoms with Crippen molar-refractivity contribution in [3.05, 3.63) is 140 Å². The number of nitrogens with zero attached hydrogens (tertiary/aromatic N) is 1. The molecule has 8 rings (SSSR count). The second kappa shape index (κ2) is 7.81. The van der Waals surface area contributed by atoms with Gasteiger partial charge in [-0.25, -0.2) is 0 Å². The molecule has 0 aliphatic rings. The van der Waals surface area contributed by atoms with Crippen molar-refractivity contribution in [1.29, 1.82) is 0 Å². The van der Waals surface area contributed by atoms with Gasteiger partial charge in [0.2, 0.25) is 0 Å². The van der Waals surface area contributed by atoms with Gasteiger partial charge < -0.3 is 4.57 Å². The van der Waals surface area contributed by atoms with E-state index in [4.69, 9.17) is 0 Å². The Hall–Kier alpha value is -4.88. The summed E-state index contributed by atoms with van der Waals surface area (Å²) in [5, 5.41) is 10.3. The fourth-order valence-corrected chi connectivity index (χ4v) is 6.10. The number of para-hydroxylation sites is 2. The Bertz CT molecular complexity index is 2130. The molecule has 1 aromatic heterocycles. The molecule has 0 N–H and O–H groups in total. The number of hydrogen-bond acceptors (Lipinski definition) is 0. The zero-order valence-corrected chi connectivity index (χ0v) is 20.2. The number of rotatable bonds is 2. The molecule has 0 aliphatic heterocycles. The van der Waals surface area contributed by atoms with Crippen LogP contribution >= 0.6 is 0 Å². The molecular weight excluding hydrogens is 446 g/mol. The molecule has 7 aromatic carbocycles. The summed E-state index contributed by atoms with van der Waals surface area (Å²) in [4.78, 5) is 0. The van der Waals surface area contributed by atoms with Crippen LogP contribution in [0.4, 0.5) is 0 Å². The van der Waals surface area contributed by atoms with E-state index in [1.165, 1.54) is 70.9 Å². The lowest BCUT2D eigenvalue weighted by Gasteiger charge is -2.12. The van der Waals surface area contributed by atoms with Crippen LogP contribution in [0.3, 0.4) is 0 Å². The van der Waals surface area contributed by atoms with Crippen molar-refractivity contribution in [3.63, 3.8) is 0 Å². The molecule has 0 spiro atoms. The molecule has 0 aliphatic carbocycles. The molecule has 0 radical (unpaired) electrons. The molecule has 0 saturated heterocycles. The van der Waals surface area contributed by atoms with E-state index in [1.807, 2.05) is 0 Å². The molecule has 0 fully saturated rings. The Balaban J connectivity index is 1.49. The monoisotopic (exact) mass is 469 g/mol. The minimum absolute atomic E-state index is 1.18. The SMILES string of the molecule is c1ccc(-n2c3ccccc3c3c4cc(-c5cc6ccccc6c6ccccc56)ccc4ccc32)cc1. The van der Waals surface area contributed by atoms with Crippen LogP contribution in [0.15, 0.2) is 140 Å². The smallest absolute Gasteiger partial charge is 0.0547 e. The minimum Gasteiger partial charge on any atom is -0.309 e. The highest BCUT2D eigenvalue weighted by Crippen LogP contribution is 2.40. The highest BCUT2D eigenvalue weighted by atomic mass is 15.0. The van der Waals surface area contributed by atoms with Gasteiger partial charge in [-0.15, -0.1) is 0 Å². The average molecular weight is 470 g/mol. The quantitative estimate of drug-likeness (QED) is 0.222. The zero-order valence-electron chi connectivity index (χ0n) is 20.2. The molecular formula is C36H23N. The van der Waals surface area contributed by atoms with Crippen LogP contribution < -0.4 is 0 Å². The van der Waals surface area contributed by atoms with Crippen molar-refractivity contribution < 1.29 is 0 Å². The summed E-state index contributed by atoms with van der Waals surface area (Å²) in [5.41, 5.74) is 6.18. The summed E-state index contributed by atoms with van der Waals surface area (Å²) in [5.74, 6) is 0. The van der Waals surface area contributed by atoms with Crippen LogP contribution in [-0.4, -0.2) is 4.57 Å². The van der Waals surface area contributed by atoms with Crippen molar-refractivity contribution in [2.24, 2.45) is 0 Å². The number of hydrogen-bond donors (Lipinski definition) is 0. The van der Waals surface area contributed by atoms with E-state index in [-0.39, 0.29) is 0 Å². The van der Waals surface area contributed by atoms with Gasteiger partial charge in [0, 0.05) is 16.5 Å². The van der Waals surface area contributed by atoms with Gasteiger partial charge in [-0.3, -0.25) is 0 Å². The molecule has 0 unspecified atom stereocenters. The molecule has 0 saturated carbocycles. The van der Waals surface area contributed by atoms with Crippen molar-refractivity contribution in [2.75, 3.05) is 0 Å². The molecule has 1 nitrogen and oxygen atoms in total. The van der Waals surface area contributed by atoms with Crippen LogP contribution in [0.25, 0.3) is 70.9 Å². The fourth-order valence-electron chi connectivity index (χ4n) is 6.10. The van der Waals surface area contributed by atoms with Gasteiger partial charge in [0.05, 0.1) is 11.0 Å². The molecule has 1 heterocycles. The standard InChI is InChI=1S/C36H23N/c1-2-11-27(12-3-1)37-34-17-9-8-16-31(34)36-33-23-26(19-18-24(33)20-21-35(36)37)32-22-25-10-4-5-13-28(25)29-14-6-7-15-30(29)32/h1-23H. The summed E-state index contributed by atoms with van der Waals surface area (Å²) >= 11 is 0. The van der Waals surface area contributed by atoms with Gasteiger partial charge in [0.25, 0.3) is 0 Å². The lowest BCUT2D eigenvalue weighted by molar-refractivity contribution is 1.18. The molecule has 0 amide bonds. The third-order valence-corrected chi connectivity index (χ3v) is 7.75. The summed E-state index contributed by atoms with van der Waals surface area (Å²) in [6.07, 6.45) is 0. The van der Waals surface area contributed by atoms with E-state index in [2.05, 4.69) is 144 Å². The van der Waals surface area contributed by atoms with Crippen molar-refractivity contribution in [1.82, 2.24) is 4.57 Å². The Kier molecular flexibility index (Phi) is 4.29. The number of benzene rings is 7. The largest absolute Gasteiger partial charge is 0.309 e. The Morgan fingerprint density at radius 1 is 0.378 bits per heavy atom. The van der Waals surface area contributed by atoms with E-state index < -0.39 is 0 Å². The lowest BCUT2D eigenvalue weighted by Crippen LogP contribution is -1.92. The van der Waals surface area contributed by atoms with Gasteiger partial charge >= 0.3 is 0 Å². The predicted octanol–water partition coefficient (Wildman–Crippen LogP) is 9.91. The maximum atomic E-state index is 2.40. The third-order valence-electron chi connectivity index (χ3n) is 7.75. The molecule has 8 aromatic rings. The molecule has 0 bridgehead atoms. The number of aromatic nitrogens is 1. The van der Waals surface area contributed by atoms with Gasteiger partial charge in [-0.05, 0) is 79.8 Å². The average Bonchev–Trinajstić information content (AvgIpc) is 3.32. The summed E-state index contributed by atoms with van der Waals surface area (Å²) in [6.45, 7) is 0. The van der Waals surface area contributed by atoms with Crippen LogP contribution in [-0.2, 0) is 0 Å². The maximum Gasteiger partial charge on any atom is 0.0547 e. The lowest BCUT2D eigenvalue weighted by atomic mass is 9.91. The summed E-state index contributed by atoms with van der Waals surface area (Å²) in [7, 11) is 0. The summed E-state index contributed by atoms with van der Waals surface area (Å²) < 4.78 is 2.39. The normalized spacial score (nSPS) is 11.8. The van der Waals surface area contributed by atoms with Gasteiger partial charge in [0.1, 0.15) is 0 Å². The molecule has 37 heavy (non-hydrogen) atoms. The van der Waals surface area contributed by atoms with Crippen molar-refractivity contribution in [3.8, 4) is 16.8 Å². The minimum atomic E-state index is 1.18. The predicted molar refractivity (Wildman–Crippen MR) is 159 cm³/mol. The van der Waals surface area contributed by atoms with Crippen LogP contribution in [0.2, 0.25) is 0 Å². The Morgan fingerprint density at radius 2 is 1.05 bits per heavy atom.